The summed E-state index contributed by atoms with van der Waals surface area (Å²) in [5.41, 5.74) is -0.627. The summed E-state index contributed by atoms with van der Waals surface area (Å²) >= 11 is 0. The van der Waals surface area contributed by atoms with Crippen molar-refractivity contribution in [3.05, 3.63) is 72.3 Å². The first kappa shape index (κ1) is 22.6. The normalized spacial score (nSPS) is 15.0. The van der Waals surface area contributed by atoms with E-state index >= 15 is 0 Å². The Labute approximate surface area is 181 Å². The van der Waals surface area contributed by atoms with Crippen LogP contribution in [-0.2, 0) is 13.8 Å². The standard InChI is InChI=1S/C22H26NO7P/c1-22(2,3)19-20(23(21(24)25)15-10-16-27-19)30-31(26,28-17-11-6-4-7-12-17)29-18-13-8-5-9-14-18/h4-9,11-14H,10,15-16H2,1-3H3,(H,24,25). The highest BCUT2D eigenvalue weighted by molar-refractivity contribution is 7.49. The van der Waals surface area contributed by atoms with Gasteiger partial charge in [-0.05, 0) is 30.7 Å². The Kier molecular flexibility index (Phi) is 6.81. The Morgan fingerprint density at radius 3 is 1.94 bits per heavy atom. The second kappa shape index (κ2) is 9.35. The molecule has 0 bridgehead atoms. The van der Waals surface area contributed by atoms with Crippen molar-refractivity contribution in [2.75, 3.05) is 13.2 Å². The minimum Gasteiger partial charge on any atom is -0.492 e. The molecule has 0 aliphatic carbocycles. The number of nitrogens with zero attached hydrogens (tertiary/aromatic N) is 1. The lowest BCUT2D eigenvalue weighted by molar-refractivity contribution is 0.110. The number of hydrogen-bond acceptors (Lipinski definition) is 6. The van der Waals surface area contributed by atoms with Gasteiger partial charge in [0.05, 0.1) is 6.61 Å². The van der Waals surface area contributed by atoms with Crippen molar-refractivity contribution in [2.24, 2.45) is 5.41 Å². The van der Waals surface area contributed by atoms with E-state index < -0.39 is 19.3 Å². The topological polar surface area (TPSA) is 94.5 Å². The zero-order valence-electron chi connectivity index (χ0n) is 17.7. The van der Waals surface area contributed by atoms with Crippen LogP contribution < -0.4 is 9.05 Å². The van der Waals surface area contributed by atoms with E-state index in [0.29, 0.717) is 13.0 Å². The molecule has 1 aliphatic rings. The molecule has 31 heavy (non-hydrogen) atoms. The maximum atomic E-state index is 13.8. The molecule has 2 aromatic carbocycles. The number of hydrogen-bond donors (Lipinski definition) is 1. The number of carboxylic acid groups (broad SMARTS) is 1. The molecule has 3 rings (SSSR count). The minimum atomic E-state index is -4.38. The van der Waals surface area contributed by atoms with Crippen LogP contribution in [0.2, 0.25) is 0 Å². The highest BCUT2D eigenvalue weighted by atomic mass is 31.2. The lowest BCUT2D eigenvalue weighted by Gasteiger charge is -2.29. The van der Waals surface area contributed by atoms with Crippen LogP contribution in [0.25, 0.3) is 0 Å². The third kappa shape index (κ3) is 5.95. The predicted octanol–water partition coefficient (Wildman–Crippen LogP) is 5.88. The van der Waals surface area contributed by atoms with Gasteiger partial charge in [0.15, 0.2) is 5.76 Å². The largest absolute Gasteiger partial charge is 0.648 e. The number of para-hydroxylation sites is 2. The summed E-state index contributed by atoms with van der Waals surface area (Å²) in [5, 5.41) is 9.78. The van der Waals surface area contributed by atoms with Gasteiger partial charge in [-0.3, -0.25) is 0 Å². The zero-order chi connectivity index (χ0) is 22.5. The van der Waals surface area contributed by atoms with Crippen molar-refractivity contribution in [3.63, 3.8) is 0 Å². The van der Waals surface area contributed by atoms with E-state index in [4.69, 9.17) is 18.3 Å². The van der Waals surface area contributed by atoms with Crippen LogP contribution in [0.4, 0.5) is 4.79 Å². The van der Waals surface area contributed by atoms with Crippen molar-refractivity contribution in [2.45, 2.75) is 27.2 Å². The molecule has 1 heterocycles. The fourth-order valence-corrected chi connectivity index (χ4v) is 4.14. The van der Waals surface area contributed by atoms with Gasteiger partial charge >= 0.3 is 13.9 Å². The fraction of sp³-hybridized carbons (Fsp3) is 0.318. The second-order valence-electron chi connectivity index (χ2n) is 7.87. The lowest BCUT2D eigenvalue weighted by atomic mass is 9.94. The number of carbonyl (C=O) groups is 1. The van der Waals surface area contributed by atoms with Crippen molar-refractivity contribution in [1.29, 1.82) is 0 Å². The molecule has 0 unspecified atom stereocenters. The summed E-state index contributed by atoms with van der Waals surface area (Å²) < 4.78 is 36.7. The first-order valence-electron chi connectivity index (χ1n) is 9.85. The lowest BCUT2D eigenvalue weighted by Crippen LogP contribution is -2.33. The molecule has 0 saturated heterocycles. The molecule has 8 nitrogen and oxygen atoms in total. The third-order valence-electron chi connectivity index (χ3n) is 4.24. The van der Waals surface area contributed by atoms with Gasteiger partial charge in [-0.2, -0.15) is 4.57 Å². The molecule has 9 heteroatoms. The number of allylic oxidation sites excluding steroid dienone is 1. The Hall–Kier alpha value is -3.12. The van der Waals surface area contributed by atoms with E-state index in [1.807, 2.05) is 20.8 Å². The van der Waals surface area contributed by atoms with Gasteiger partial charge in [0.2, 0.25) is 0 Å². The monoisotopic (exact) mass is 447 g/mol. The van der Waals surface area contributed by atoms with E-state index in [1.54, 1.807) is 60.7 Å². The van der Waals surface area contributed by atoms with Crippen molar-refractivity contribution >= 4 is 13.9 Å². The highest BCUT2D eigenvalue weighted by Gasteiger charge is 2.41. The van der Waals surface area contributed by atoms with Gasteiger partial charge in [0, 0.05) is 12.0 Å². The number of benzene rings is 2. The molecule has 0 atom stereocenters. The van der Waals surface area contributed by atoms with E-state index in [0.717, 1.165) is 4.90 Å². The summed E-state index contributed by atoms with van der Waals surface area (Å²) in [4.78, 5) is 13.0. The number of ether oxygens (including phenoxy) is 1. The molecular formula is C22H26NO7P. The second-order valence-corrected chi connectivity index (χ2v) is 9.31. The Bertz CT molecular complexity index is 925. The highest BCUT2D eigenvalue weighted by Crippen LogP contribution is 2.53. The maximum Gasteiger partial charge on any atom is 0.648 e. The summed E-state index contributed by atoms with van der Waals surface area (Å²) in [6.07, 6.45) is -0.810. The van der Waals surface area contributed by atoms with E-state index in [1.165, 1.54) is 0 Å². The van der Waals surface area contributed by atoms with E-state index in [2.05, 4.69) is 0 Å². The fourth-order valence-electron chi connectivity index (χ4n) is 2.88. The number of amides is 1. The van der Waals surface area contributed by atoms with Gasteiger partial charge in [0.25, 0.3) is 5.88 Å². The van der Waals surface area contributed by atoms with Crippen LogP contribution in [0.3, 0.4) is 0 Å². The molecule has 0 aromatic heterocycles. The molecule has 166 valence electrons. The van der Waals surface area contributed by atoms with E-state index in [9.17, 15) is 14.5 Å². The summed E-state index contributed by atoms with van der Waals surface area (Å²) in [6.45, 7) is 5.95. The Morgan fingerprint density at radius 2 is 1.48 bits per heavy atom. The summed E-state index contributed by atoms with van der Waals surface area (Å²) in [5.74, 6) is 0.542. The van der Waals surface area contributed by atoms with Crippen molar-refractivity contribution in [3.8, 4) is 11.5 Å². The summed E-state index contributed by atoms with van der Waals surface area (Å²) in [6, 6.07) is 16.8. The Balaban J connectivity index is 2.06. The van der Waals surface area contributed by atoms with Gasteiger partial charge in [-0.25, -0.2) is 9.69 Å². The van der Waals surface area contributed by atoms with Gasteiger partial charge in [-0.15, -0.1) is 0 Å². The molecule has 0 saturated carbocycles. The van der Waals surface area contributed by atoms with Crippen molar-refractivity contribution in [1.82, 2.24) is 4.90 Å². The maximum absolute atomic E-state index is 13.8. The molecule has 0 fully saturated rings. The van der Waals surface area contributed by atoms with Crippen LogP contribution >= 0.6 is 7.82 Å². The average Bonchev–Trinajstić information content (AvgIpc) is 2.91. The van der Waals surface area contributed by atoms with E-state index in [-0.39, 0.29) is 29.7 Å². The van der Waals surface area contributed by atoms with Gasteiger partial charge in [-0.1, -0.05) is 57.2 Å². The smallest absolute Gasteiger partial charge is 0.492 e. The third-order valence-corrected chi connectivity index (χ3v) is 5.51. The van der Waals surface area contributed by atoms with Crippen LogP contribution in [0.1, 0.15) is 27.2 Å². The SMILES string of the molecule is CC(C)(C)C1=C(OP(=O)(Oc2ccccc2)Oc2ccccc2)N(C(=O)O)CCCO1. The molecule has 0 radical (unpaired) electrons. The van der Waals surface area contributed by atoms with Crippen LogP contribution in [0.15, 0.2) is 72.3 Å². The zero-order valence-corrected chi connectivity index (χ0v) is 18.6. The first-order chi connectivity index (χ1) is 14.7. The number of rotatable bonds is 6. The number of phosphoric ester groups is 1. The van der Waals surface area contributed by atoms with Crippen LogP contribution in [-0.4, -0.2) is 29.3 Å². The predicted molar refractivity (Wildman–Crippen MR) is 115 cm³/mol. The molecule has 1 amide bonds. The molecule has 0 spiro atoms. The molecule has 1 aliphatic heterocycles. The molecule has 2 aromatic rings. The first-order valence-corrected chi connectivity index (χ1v) is 11.3. The molecular weight excluding hydrogens is 421 g/mol. The quantitative estimate of drug-likeness (QED) is 0.552. The van der Waals surface area contributed by atoms with Gasteiger partial charge < -0.3 is 23.4 Å². The average molecular weight is 447 g/mol. The minimum absolute atomic E-state index is 0.112. The van der Waals surface area contributed by atoms with Crippen LogP contribution in [0, 0.1) is 5.41 Å². The van der Waals surface area contributed by atoms with Crippen LogP contribution in [0.5, 0.6) is 11.5 Å². The summed E-state index contributed by atoms with van der Waals surface area (Å²) in [7, 11) is -4.38. The number of phosphoric acid groups is 1. The van der Waals surface area contributed by atoms with Gasteiger partial charge in [0.1, 0.15) is 11.5 Å². The van der Waals surface area contributed by atoms with Crippen molar-refractivity contribution < 1.29 is 32.8 Å². The Morgan fingerprint density at radius 1 is 0.968 bits per heavy atom. The molecule has 1 N–H and O–H groups in total.